The van der Waals surface area contributed by atoms with E-state index in [1.807, 2.05) is 0 Å². The van der Waals surface area contributed by atoms with Crippen LogP contribution in [0.2, 0.25) is 0 Å². The highest BCUT2D eigenvalue weighted by molar-refractivity contribution is 5.97. The number of furan rings is 1. The molecule has 2 aliphatic carbocycles. The minimum atomic E-state index is -2.14. The van der Waals surface area contributed by atoms with Crippen LogP contribution in [0, 0.1) is 16.7 Å². The van der Waals surface area contributed by atoms with Gasteiger partial charge in [0.15, 0.2) is 11.4 Å². The van der Waals surface area contributed by atoms with Crippen molar-refractivity contribution >= 4 is 23.7 Å². The zero-order valence-corrected chi connectivity index (χ0v) is 23.0. The van der Waals surface area contributed by atoms with Crippen molar-refractivity contribution in [3.8, 4) is 0 Å². The zero-order chi connectivity index (χ0) is 30.7. The van der Waals surface area contributed by atoms with E-state index in [0.29, 0.717) is 0 Å². The number of aliphatic hydroxyl groups is 5. The molecular formula is C28H34O14. The van der Waals surface area contributed by atoms with Gasteiger partial charge < -0.3 is 48.9 Å². The molecule has 0 amide bonds. The highest BCUT2D eigenvalue weighted by Gasteiger charge is 2.78. The monoisotopic (exact) mass is 594 g/mol. The number of aliphatic hydroxyl groups excluding tert-OH is 3. The molecule has 0 unspecified atom stereocenters. The fourth-order valence-corrected chi connectivity index (χ4v) is 7.11. The summed E-state index contributed by atoms with van der Waals surface area (Å²) in [4.78, 5) is 51.2. The first-order valence-electron chi connectivity index (χ1n) is 13.6. The van der Waals surface area contributed by atoms with Gasteiger partial charge in [0.2, 0.25) is 6.29 Å². The van der Waals surface area contributed by atoms with Gasteiger partial charge in [0.1, 0.15) is 49.5 Å². The molecule has 3 fully saturated rings. The van der Waals surface area contributed by atoms with E-state index in [4.69, 9.17) is 23.4 Å². The Morgan fingerprint density at radius 3 is 2.52 bits per heavy atom. The smallest absolute Gasteiger partial charge is 0.339 e. The number of rotatable bonds is 7. The minimum Gasteiger partial charge on any atom is -0.472 e. The summed E-state index contributed by atoms with van der Waals surface area (Å²) >= 11 is 0. The molecule has 1 aromatic rings. The molecule has 5 rings (SSSR count). The molecule has 4 aliphatic rings. The van der Waals surface area contributed by atoms with E-state index in [9.17, 15) is 44.7 Å². The van der Waals surface area contributed by atoms with Gasteiger partial charge in [-0.15, -0.1) is 0 Å². The van der Waals surface area contributed by atoms with Gasteiger partial charge in [-0.3, -0.25) is 14.4 Å². The van der Waals surface area contributed by atoms with E-state index in [-0.39, 0.29) is 31.4 Å². The number of cyclic esters (lactones) is 1. The Labute approximate surface area is 239 Å². The Morgan fingerprint density at radius 2 is 1.86 bits per heavy atom. The van der Waals surface area contributed by atoms with Gasteiger partial charge in [-0.05, 0) is 18.9 Å². The molecule has 10 atom stereocenters. The van der Waals surface area contributed by atoms with Gasteiger partial charge in [-0.2, -0.15) is 0 Å². The fourth-order valence-electron chi connectivity index (χ4n) is 7.11. The first-order valence-corrected chi connectivity index (χ1v) is 13.6. The van der Waals surface area contributed by atoms with Crippen molar-refractivity contribution in [2.24, 2.45) is 16.7 Å². The molecule has 230 valence electrons. The van der Waals surface area contributed by atoms with E-state index in [1.165, 1.54) is 37.7 Å². The lowest BCUT2D eigenvalue weighted by Gasteiger charge is -2.62. The lowest BCUT2D eigenvalue weighted by atomic mass is 9.42. The summed E-state index contributed by atoms with van der Waals surface area (Å²) in [7, 11) is 0. The Kier molecular flexibility index (Phi) is 7.61. The number of hydrogen-bond donors (Lipinski definition) is 5. The SMILES string of the molecule is CC(=O)OC[C@H]1O[C@@H](OC(=O)[C@H]2CC[C@@]34COC(=O)[C@@]3(O)CC=C[C@@]4(O)[C@@]2(C)CC(=O)c2ccoc2)[C@H](O)[C@@H](O)[C@@H]1O. The van der Waals surface area contributed by atoms with Crippen molar-refractivity contribution in [2.75, 3.05) is 13.2 Å². The minimum absolute atomic E-state index is 0.0736. The van der Waals surface area contributed by atoms with E-state index in [2.05, 4.69) is 0 Å². The summed E-state index contributed by atoms with van der Waals surface area (Å²) in [5, 5.41) is 55.2. The van der Waals surface area contributed by atoms with Crippen LogP contribution in [0.3, 0.4) is 0 Å². The second-order valence-electron chi connectivity index (χ2n) is 11.8. The normalized spacial score (nSPS) is 42.7. The largest absolute Gasteiger partial charge is 0.472 e. The van der Waals surface area contributed by atoms with E-state index in [0.717, 1.165) is 6.92 Å². The molecule has 3 heterocycles. The zero-order valence-electron chi connectivity index (χ0n) is 23.0. The molecule has 14 heteroatoms. The van der Waals surface area contributed by atoms with Gasteiger partial charge in [0, 0.05) is 25.2 Å². The number of ketones is 1. The van der Waals surface area contributed by atoms with Gasteiger partial charge in [-0.25, -0.2) is 4.79 Å². The molecule has 5 N–H and O–H groups in total. The maximum atomic E-state index is 13.8. The average molecular weight is 595 g/mol. The van der Waals surface area contributed by atoms with Crippen molar-refractivity contribution in [3.05, 3.63) is 36.3 Å². The molecule has 2 saturated heterocycles. The first kappa shape index (κ1) is 30.3. The average Bonchev–Trinajstić information content (AvgIpc) is 3.56. The maximum Gasteiger partial charge on any atom is 0.339 e. The van der Waals surface area contributed by atoms with Crippen molar-refractivity contribution in [1.82, 2.24) is 0 Å². The number of carbonyl (C=O) groups is 4. The summed E-state index contributed by atoms with van der Waals surface area (Å²) in [6.07, 6.45) is -4.02. The van der Waals surface area contributed by atoms with Crippen molar-refractivity contribution < 1.29 is 68.1 Å². The van der Waals surface area contributed by atoms with Crippen LogP contribution in [0.15, 0.2) is 35.2 Å². The highest BCUT2D eigenvalue weighted by Crippen LogP contribution is 2.67. The van der Waals surface area contributed by atoms with Gasteiger partial charge in [-0.1, -0.05) is 19.1 Å². The maximum absolute atomic E-state index is 13.8. The topological polar surface area (TPSA) is 219 Å². The molecule has 2 aliphatic heterocycles. The van der Waals surface area contributed by atoms with Crippen LogP contribution < -0.4 is 0 Å². The molecule has 0 bridgehead atoms. The lowest BCUT2D eigenvalue weighted by Crippen LogP contribution is -2.73. The first-order chi connectivity index (χ1) is 19.7. The van der Waals surface area contributed by atoms with Crippen LogP contribution in [0.1, 0.15) is 49.9 Å². The van der Waals surface area contributed by atoms with E-state index >= 15 is 0 Å². The Hall–Kier alpha value is -3.14. The van der Waals surface area contributed by atoms with E-state index in [1.54, 1.807) is 0 Å². The number of ether oxygens (including phenoxy) is 4. The predicted molar refractivity (Wildman–Crippen MR) is 135 cm³/mol. The molecule has 1 aromatic heterocycles. The highest BCUT2D eigenvalue weighted by atomic mass is 16.7. The molecule has 42 heavy (non-hydrogen) atoms. The van der Waals surface area contributed by atoms with Crippen LogP contribution in [0.4, 0.5) is 0 Å². The van der Waals surface area contributed by atoms with Gasteiger partial charge in [0.05, 0.1) is 23.2 Å². The fraction of sp³-hybridized carbons (Fsp3) is 0.643. The summed E-state index contributed by atoms with van der Waals surface area (Å²) < 4.78 is 26.1. The van der Waals surface area contributed by atoms with Crippen molar-refractivity contribution in [3.63, 3.8) is 0 Å². The Balaban J connectivity index is 1.49. The van der Waals surface area contributed by atoms with E-state index < -0.39 is 95.4 Å². The van der Waals surface area contributed by atoms with Crippen molar-refractivity contribution in [2.45, 2.75) is 81.4 Å². The number of esters is 3. The quantitative estimate of drug-likeness (QED) is 0.112. The number of carbonyl (C=O) groups excluding carboxylic acids is 4. The van der Waals surface area contributed by atoms with Crippen LogP contribution in [-0.4, -0.2) is 104 Å². The van der Waals surface area contributed by atoms with Crippen LogP contribution in [0.5, 0.6) is 0 Å². The molecular weight excluding hydrogens is 560 g/mol. The summed E-state index contributed by atoms with van der Waals surface area (Å²) in [5.41, 5.74) is -7.40. The van der Waals surface area contributed by atoms with Crippen LogP contribution >= 0.6 is 0 Å². The third-order valence-electron chi connectivity index (χ3n) is 9.59. The van der Waals surface area contributed by atoms with Gasteiger partial charge in [0.25, 0.3) is 0 Å². The predicted octanol–water partition coefficient (Wildman–Crippen LogP) is -0.852. The Morgan fingerprint density at radius 1 is 1.12 bits per heavy atom. The van der Waals surface area contributed by atoms with Crippen LogP contribution in [0.25, 0.3) is 0 Å². The standard InChI is InChI=1S/C28H34O14/c1-14(29)39-12-18-19(31)20(32)21(33)23(41-18)42-22(34)16-4-8-26-13-40-24(35)27(26,36)6-3-7-28(26,37)25(16,2)10-17(30)15-5-9-38-11-15/h3,5,7,9,11,16,18-21,23,31-33,36-37H,4,6,8,10,12-13H2,1-2H3/t16-,18-,19-,20+,21-,23+,25+,26-,27+,28-/m1/s1. The number of Topliss-reactive ketones (excluding diaryl/α,β-unsaturated/α-hetero) is 1. The molecule has 0 aromatic carbocycles. The third-order valence-corrected chi connectivity index (χ3v) is 9.59. The lowest BCUT2D eigenvalue weighted by molar-refractivity contribution is -0.299. The summed E-state index contributed by atoms with van der Waals surface area (Å²) in [6.45, 7) is 1.73. The second-order valence-corrected chi connectivity index (χ2v) is 11.8. The molecule has 0 radical (unpaired) electrons. The molecule has 14 nitrogen and oxygen atoms in total. The molecule has 1 saturated carbocycles. The number of hydrogen-bond acceptors (Lipinski definition) is 14. The summed E-state index contributed by atoms with van der Waals surface area (Å²) in [5.74, 6) is -4.40. The second kappa shape index (κ2) is 10.5. The third kappa shape index (κ3) is 4.31. The Bertz CT molecular complexity index is 1280. The molecule has 1 spiro atoms. The van der Waals surface area contributed by atoms with Crippen molar-refractivity contribution in [1.29, 1.82) is 0 Å². The van der Waals surface area contributed by atoms with Gasteiger partial charge >= 0.3 is 17.9 Å². The summed E-state index contributed by atoms with van der Waals surface area (Å²) in [6, 6.07) is 1.42. The van der Waals surface area contributed by atoms with Crippen LogP contribution in [-0.2, 0) is 33.3 Å².